The number of fused-ring (bicyclic) bond motifs is 1. The molecule has 2 heterocycles. The molecule has 0 fully saturated rings. The molecule has 0 saturated heterocycles. The highest BCUT2D eigenvalue weighted by atomic mass is 16.5. The smallest absolute Gasteiger partial charge is 0.187 e. The highest BCUT2D eigenvalue weighted by Gasteiger charge is 2.39. The summed E-state index contributed by atoms with van der Waals surface area (Å²) in [7, 11) is 0. The Bertz CT molecular complexity index is 599. The highest BCUT2D eigenvalue weighted by Crippen LogP contribution is 2.45. The van der Waals surface area contributed by atoms with Gasteiger partial charge < -0.3 is 14.5 Å². The summed E-state index contributed by atoms with van der Waals surface area (Å²) in [6.07, 6.45) is 1.66. The molecule has 1 aromatic carbocycles. The van der Waals surface area contributed by atoms with E-state index in [2.05, 4.69) is 43.4 Å². The third-order valence-electron chi connectivity index (χ3n) is 4.21. The molecule has 3 heteroatoms. The first-order valence-electron chi connectivity index (χ1n) is 7.28. The summed E-state index contributed by atoms with van der Waals surface area (Å²) >= 11 is 0. The van der Waals surface area contributed by atoms with Gasteiger partial charge in [0.25, 0.3) is 0 Å². The molecule has 0 aliphatic carbocycles. The van der Waals surface area contributed by atoms with Crippen LogP contribution < -0.4 is 5.32 Å². The minimum Gasteiger partial charge on any atom is -0.462 e. The number of nitrogens with one attached hydrogen (secondary N) is 1. The van der Waals surface area contributed by atoms with Crippen LogP contribution in [0.15, 0.2) is 40.8 Å². The third kappa shape index (κ3) is 2.02. The van der Waals surface area contributed by atoms with Crippen molar-refractivity contribution in [2.45, 2.75) is 45.4 Å². The summed E-state index contributed by atoms with van der Waals surface area (Å²) in [5.74, 6) is 1.74. The van der Waals surface area contributed by atoms with E-state index >= 15 is 0 Å². The van der Waals surface area contributed by atoms with Crippen molar-refractivity contribution in [3.8, 4) is 0 Å². The van der Waals surface area contributed by atoms with Crippen LogP contribution in [0.4, 0.5) is 5.69 Å². The first-order valence-corrected chi connectivity index (χ1v) is 7.28. The molecule has 2 aromatic rings. The average molecular weight is 271 g/mol. The fraction of sp³-hybridized carbons (Fsp3) is 0.412. The van der Waals surface area contributed by atoms with Crippen LogP contribution in [0.2, 0.25) is 0 Å². The molecular weight excluding hydrogens is 250 g/mol. The van der Waals surface area contributed by atoms with Crippen molar-refractivity contribution in [2.24, 2.45) is 0 Å². The fourth-order valence-corrected chi connectivity index (χ4v) is 2.99. The van der Waals surface area contributed by atoms with E-state index in [0.29, 0.717) is 0 Å². The number of benzene rings is 1. The highest BCUT2D eigenvalue weighted by molar-refractivity contribution is 5.56. The van der Waals surface area contributed by atoms with Crippen molar-refractivity contribution >= 4 is 5.69 Å². The van der Waals surface area contributed by atoms with Crippen LogP contribution in [0.3, 0.4) is 0 Å². The number of rotatable bonds is 3. The first kappa shape index (κ1) is 13.3. The summed E-state index contributed by atoms with van der Waals surface area (Å²) in [6.45, 7) is 6.30. The van der Waals surface area contributed by atoms with E-state index in [1.807, 2.05) is 19.1 Å². The van der Waals surface area contributed by atoms with Crippen LogP contribution >= 0.6 is 0 Å². The van der Waals surface area contributed by atoms with E-state index in [-0.39, 0.29) is 11.8 Å². The van der Waals surface area contributed by atoms with Crippen molar-refractivity contribution in [3.05, 3.63) is 53.5 Å². The van der Waals surface area contributed by atoms with Gasteiger partial charge in [-0.3, -0.25) is 0 Å². The molecule has 1 aliphatic heterocycles. The zero-order chi connectivity index (χ0) is 14.2. The normalized spacial score (nSPS) is 20.2. The maximum absolute atomic E-state index is 6.39. The standard InChI is InChI=1S/C17H21NO2/c1-4-17(5-2)13-8-6-7-9-14(13)18-16(20-17)15-11-10-12(3)19-15/h6-11,16,18H,4-5H2,1-3H3/t16-/m0/s1. The van der Waals surface area contributed by atoms with Gasteiger partial charge in [-0.2, -0.15) is 0 Å². The molecule has 1 N–H and O–H groups in total. The molecule has 0 amide bonds. The molecule has 1 atom stereocenters. The first-order chi connectivity index (χ1) is 9.68. The van der Waals surface area contributed by atoms with Crippen LogP contribution in [0.1, 0.15) is 50.0 Å². The number of furan rings is 1. The molecule has 1 aliphatic rings. The van der Waals surface area contributed by atoms with Gasteiger partial charge in [-0.15, -0.1) is 0 Å². The van der Waals surface area contributed by atoms with E-state index < -0.39 is 0 Å². The van der Waals surface area contributed by atoms with E-state index in [9.17, 15) is 0 Å². The van der Waals surface area contributed by atoms with Gasteiger partial charge in [0.1, 0.15) is 5.76 Å². The van der Waals surface area contributed by atoms with Gasteiger partial charge in [0.2, 0.25) is 0 Å². The second-order valence-corrected chi connectivity index (χ2v) is 5.34. The Kier molecular flexibility index (Phi) is 3.30. The predicted molar refractivity (Wildman–Crippen MR) is 79.6 cm³/mol. The monoisotopic (exact) mass is 271 g/mol. The summed E-state index contributed by atoms with van der Waals surface area (Å²) in [6, 6.07) is 12.3. The minimum absolute atomic E-state index is 0.224. The van der Waals surface area contributed by atoms with Gasteiger partial charge in [-0.25, -0.2) is 0 Å². The molecule has 20 heavy (non-hydrogen) atoms. The molecule has 106 valence electrons. The van der Waals surface area contributed by atoms with Crippen molar-refractivity contribution in [3.63, 3.8) is 0 Å². The second kappa shape index (κ2) is 4.98. The van der Waals surface area contributed by atoms with E-state index in [1.165, 1.54) is 5.56 Å². The van der Waals surface area contributed by atoms with Crippen molar-refractivity contribution in [2.75, 3.05) is 5.32 Å². The Morgan fingerprint density at radius 2 is 1.85 bits per heavy atom. The minimum atomic E-state index is -0.243. The van der Waals surface area contributed by atoms with E-state index in [0.717, 1.165) is 30.0 Å². The fourth-order valence-electron chi connectivity index (χ4n) is 2.99. The van der Waals surface area contributed by atoms with Gasteiger partial charge in [0.05, 0.1) is 5.60 Å². The molecular formula is C17H21NO2. The molecule has 3 rings (SSSR count). The molecule has 0 unspecified atom stereocenters. The van der Waals surface area contributed by atoms with Crippen molar-refractivity contribution < 1.29 is 9.15 Å². The summed E-state index contributed by atoms with van der Waals surface area (Å²) in [5, 5.41) is 3.43. The zero-order valence-electron chi connectivity index (χ0n) is 12.3. The topological polar surface area (TPSA) is 34.4 Å². The van der Waals surface area contributed by atoms with Gasteiger partial charge in [-0.05, 0) is 38.0 Å². The molecule has 0 bridgehead atoms. The van der Waals surface area contributed by atoms with Gasteiger partial charge in [0.15, 0.2) is 12.0 Å². The summed E-state index contributed by atoms with van der Waals surface area (Å²) in [5.41, 5.74) is 2.14. The predicted octanol–water partition coefficient (Wildman–Crippen LogP) is 4.74. The molecule has 0 spiro atoms. The third-order valence-corrected chi connectivity index (χ3v) is 4.21. The average Bonchev–Trinajstić information content (AvgIpc) is 2.92. The van der Waals surface area contributed by atoms with Gasteiger partial charge >= 0.3 is 0 Å². The number of para-hydroxylation sites is 1. The van der Waals surface area contributed by atoms with Crippen LogP contribution in [0.25, 0.3) is 0 Å². The number of anilines is 1. The zero-order valence-corrected chi connectivity index (χ0v) is 12.3. The maximum atomic E-state index is 6.39. The van der Waals surface area contributed by atoms with Crippen molar-refractivity contribution in [1.29, 1.82) is 0 Å². The largest absolute Gasteiger partial charge is 0.462 e. The van der Waals surface area contributed by atoms with E-state index in [1.54, 1.807) is 0 Å². The lowest BCUT2D eigenvalue weighted by Gasteiger charge is -2.42. The maximum Gasteiger partial charge on any atom is 0.187 e. The van der Waals surface area contributed by atoms with Gasteiger partial charge in [-0.1, -0.05) is 32.0 Å². The number of ether oxygens (including phenoxy) is 1. The van der Waals surface area contributed by atoms with Crippen LogP contribution in [-0.2, 0) is 10.3 Å². The quantitative estimate of drug-likeness (QED) is 0.875. The summed E-state index contributed by atoms with van der Waals surface area (Å²) in [4.78, 5) is 0. The SMILES string of the molecule is CCC1(CC)O[C@@H](c2ccc(C)o2)Nc2ccccc21. The van der Waals surface area contributed by atoms with E-state index in [4.69, 9.17) is 9.15 Å². The Morgan fingerprint density at radius 1 is 1.10 bits per heavy atom. The number of hydrogen-bond acceptors (Lipinski definition) is 3. The molecule has 0 saturated carbocycles. The van der Waals surface area contributed by atoms with Crippen molar-refractivity contribution in [1.82, 2.24) is 0 Å². The lowest BCUT2D eigenvalue weighted by Crippen LogP contribution is -2.37. The Labute approximate surface area is 119 Å². The Hall–Kier alpha value is -1.74. The van der Waals surface area contributed by atoms with Gasteiger partial charge in [0, 0.05) is 11.3 Å². The lowest BCUT2D eigenvalue weighted by molar-refractivity contribution is -0.110. The Morgan fingerprint density at radius 3 is 2.50 bits per heavy atom. The Balaban J connectivity index is 2.04. The molecule has 0 radical (unpaired) electrons. The lowest BCUT2D eigenvalue weighted by atomic mass is 9.85. The summed E-state index contributed by atoms with van der Waals surface area (Å²) < 4.78 is 12.1. The number of hydrogen-bond donors (Lipinski definition) is 1. The van der Waals surface area contributed by atoms with Crippen LogP contribution in [0.5, 0.6) is 0 Å². The van der Waals surface area contributed by atoms with Crippen LogP contribution in [0, 0.1) is 6.92 Å². The molecule has 3 nitrogen and oxygen atoms in total. The molecule has 1 aromatic heterocycles. The van der Waals surface area contributed by atoms with Crippen LogP contribution in [-0.4, -0.2) is 0 Å². The second-order valence-electron chi connectivity index (χ2n) is 5.34. The number of aryl methyl sites for hydroxylation is 1.